The summed E-state index contributed by atoms with van der Waals surface area (Å²) in [5.41, 5.74) is 8.64. The van der Waals surface area contributed by atoms with E-state index in [1.54, 1.807) is 6.07 Å². The number of hydrogen-bond acceptors (Lipinski definition) is 2. The maximum absolute atomic E-state index is 13.5. The molecule has 0 aliphatic heterocycles. The van der Waals surface area contributed by atoms with Gasteiger partial charge in [0.2, 0.25) is 0 Å². The molecule has 2 aromatic rings. The fourth-order valence-electron chi connectivity index (χ4n) is 1.65. The molecule has 0 heterocycles. The summed E-state index contributed by atoms with van der Waals surface area (Å²) in [5, 5.41) is 0. The number of aryl methyl sites for hydroxylation is 1. The van der Waals surface area contributed by atoms with Crippen LogP contribution in [0, 0.1) is 12.7 Å². The average molecular weight is 230 g/mol. The highest BCUT2D eigenvalue weighted by Crippen LogP contribution is 2.12. The Hall–Kier alpha value is -1.87. The van der Waals surface area contributed by atoms with Gasteiger partial charge in [-0.2, -0.15) is 0 Å². The van der Waals surface area contributed by atoms with Crippen LogP contribution in [0.5, 0.6) is 0 Å². The largest absolute Gasteiger partial charge is 0.321 e. The van der Waals surface area contributed by atoms with E-state index >= 15 is 0 Å². The van der Waals surface area contributed by atoms with E-state index in [0.29, 0.717) is 12.1 Å². The molecule has 2 rings (SSSR count). The Morgan fingerprint density at radius 1 is 1.00 bits per heavy atom. The first-order chi connectivity index (χ1) is 8.27. The van der Waals surface area contributed by atoms with E-state index in [-0.39, 0.29) is 5.82 Å². The van der Waals surface area contributed by atoms with Crippen LogP contribution in [0.25, 0.3) is 0 Å². The molecular weight excluding hydrogens is 215 g/mol. The predicted octanol–water partition coefficient (Wildman–Crippen LogP) is 3.25. The number of para-hydroxylation sites is 1. The molecule has 0 fully saturated rings. The minimum atomic E-state index is -0.174. The molecule has 0 spiro atoms. The second-order valence-corrected chi connectivity index (χ2v) is 3.88. The number of hydrazine groups is 1. The van der Waals surface area contributed by atoms with E-state index in [9.17, 15) is 4.39 Å². The SMILES string of the molecule is Cc1cccc(F)c1CNNc1ccccc1. The van der Waals surface area contributed by atoms with Crippen LogP contribution < -0.4 is 10.9 Å². The Labute approximate surface area is 100 Å². The molecule has 88 valence electrons. The van der Waals surface area contributed by atoms with E-state index in [1.807, 2.05) is 43.3 Å². The lowest BCUT2D eigenvalue weighted by Crippen LogP contribution is -2.22. The van der Waals surface area contributed by atoms with Crippen molar-refractivity contribution in [3.63, 3.8) is 0 Å². The molecular formula is C14H15FN2. The summed E-state index contributed by atoms with van der Waals surface area (Å²) in [6.45, 7) is 2.36. The molecule has 0 aliphatic rings. The van der Waals surface area contributed by atoms with Crippen molar-refractivity contribution in [3.05, 3.63) is 65.5 Å². The number of anilines is 1. The van der Waals surface area contributed by atoms with Gasteiger partial charge in [0.15, 0.2) is 0 Å². The third-order valence-electron chi connectivity index (χ3n) is 2.62. The molecule has 17 heavy (non-hydrogen) atoms. The molecule has 0 amide bonds. The van der Waals surface area contributed by atoms with Crippen LogP contribution in [-0.4, -0.2) is 0 Å². The third-order valence-corrected chi connectivity index (χ3v) is 2.62. The van der Waals surface area contributed by atoms with Gasteiger partial charge in [0, 0.05) is 17.8 Å². The molecule has 0 aliphatic carbocycles. The smallest absolute Gasteiger partial charge is 0.128 e. The Bertz CT molecular complexity index is 463. The zero-order valence-electron chi connectivity index (χ0n) is 9.70. The average Bonchev–Trinajstić information content (AvgIpc) is 2.34. The molecule has 0 aromatic heterocycles. The molecule has 0 bridgehead atoms. The van der Waals surface area contributed by atoms with Crippen molar-refractivity contribution in [1.29, 1.82) is 0 Å². The summed E-state index contributed by atoms with van der Waals surface area (Å²) >= 11 is 0. The molecule has 0 atom stereocenters. The van der Waals surface area contributed by atoms with Crippen molar-refractivity contribution in [2.24, 2.45) is 0 Å². The third kappa shape index (κ3) is 3.04. The monoisotopic (exact) mass is 230 g/mol. The highest BCUT2D eigenvalue weighted by Gasteiger charge is 2.03. The topological polar surface area (TPSA) is 24.1 Å². The van der Waals surface area contributed by atoms with Gasteiger partial charge in [0.25, 0.3) is 0 Å². The summed E-state index contributed by atoms with van der Waals surface area (Å²) in [7, 11) is 0. The van der Waals surface area contributed by atoms with Crippen LogP contribution in [0.1, 0.15) is 11.1 Å². The Kier molecular flexibility index (Phi) is 3.73. The lowest BCUT2D eigenvalue weighted by atomic mass is 10.1. The van der Waals surface area contributed by atoms with Gasteiger partial charge in [-0.05, 0) is 30.7 Å². The fraction of sp³-hybridized carbons (Fsp3) is 0.143. The van der Waals surface area contributed by atoms with Gasteiger partial charge in [-0.3, -0.25) is 0 Å². The standard InChI is InChI=1S/C14H15FN2/c1-11-6-5-9-14(15)13(11)10-16-17-12-7-3-2-4-8-12/h2-9,16-17H,10H2,1H3. The van der Waals surface area contributed by atoms with Gasteiger partial charge in [0.05, 0.1) is 0 Å². The maximum atomic E-state index is 13.5. The lowest BCUT2D eigenvalue weighted by molar-refractivity contribution is 0.598. The Morgan fingerprint density at radius 2 is 1.76 bits per heavy atom. The van der Waals surface area contributed by atoms with Crippen molar-refractivity contribution < 1.29 is 4.39 Å². The van der Waals surface area contributed by atoms with Crippen molar-refractivity contribution in [1.82, 2.24) is 5.43 Å². The van der Waals surface area contributed by atoms with Crippen LogP contribution in [0.3, 0.4) is 0 Å². The normalized spacial score (nSPS) is 10.2. The summed E-state index contributed by atoms with van der Waals surface area (Å²) in [5.74, 6) is -0.174. The maximum Gasteiger partial charge on any atom is 0.128 e. The first kappa shape index (κ1) is 11.6. The van der Waals surface area contributed by atoms with Crippen molar-refractivity contribution in [2.75, 3.05) is 5.43 Å². The minimum Gasteiger partial charge on any atom is -0.321 e. The molecule has 2 nitrogen and oxygen atoms in total. The number of benzene rings is 2. The Balaban J connectivity index is 1.95. The zero-order valence-corrected chi connectivity index (χ0v) is 9.70. The first-order valence-electron chi connectivity index (χ1n) is 5.55. The van der Waals surface area contributed by atoms with E-state index in [0.717, 1.165) is 11.3 Å². The van der Waals surface area contributed by atoms with Gasteiger partial charge in [-0.15, -0.1) is 0 Å². The van der Waals surface area contributed by atoms with Crippen LogP contribution in [-0.2, 0) is 6.54 Å². The van der Waals surface area contributed by atoms with Crippen molar-refractivity contribution >= 4 is 5.69 Å². The quantitative estimate of drug-likeness (QED) is 0.788. The Morgan fingerprint density at radius 3 is 2.47 bits per heavy atom. The summed E-state index contributed by atoms with van der Waals surface area (Å²) < 4.78 is 13.5. The zero-order chi connectivity index (χ0) is 12.1. The van der Waals surface area contributed by atoms with Gasteiger partial charge in [0.1, 0.15) is 5.82 Å². The first-order valence-corrected chi connectivity index (χ1v) is 5.55. The molecule has 0 saturated carbocycles. The van der Waals surface area contributed by atoms with Gasteiger partial charge >= 0.3 is 0 Å². The molecule has 3 heteroatoms. The number of hydrogen-bond donors (Lipinski definition) is 2. The highest BCUT2D eigenvalue weighted by molar-refractivity contribution is 5.41. The minimum absolute atomic E-state index is 0.174. The summed E-state index contributed by atoms with van der Waals surface area (Å²) in [6.07, 6.45) is 0. The molecule has 2 aromatic carbocycles. The van der Waals surface area contributed by atoms with Crippen molar-refractivity contribution in [3.8, 4) is 0 Å². The van der Waals surface area contributed by atoms with Crippen LogP contribution in [0.4, 0.5) is 10.1 Å². The predicted molar refractivity (Wildman–Crippen MR) is 68.0 cm³/mol. The van der Waals surface area contributed by atoms with Crippen LogP contribution in [0.2, 0.25) is 0 Å². The molecule has 0 unspecified atom stereocenters. The fourth-order valence-corrected chi connectivity index (χ4v) is 1.65. The summed E-state index contributed by atoms with van der Waals surface area (Å²) in [4.78, 5) is 0. The number of halogens is 1. The lowest BCUT2D eigenvalue weighted by Gasteiger charge is -2.10. The van der Waals surface area contributed by atoms with Crippen molar-refractivity contribution in [2.45, 2.75) is 13.5 Å². The highest BCUT2D eigenvalue weighted by atomic mass is 19.1. The van der Waals surface area contributed by atoms with Crippen LogP contribution in [0.15, 0.2) is 48.5 Å². The number of rotatable bonds is 4. The second-order valence-electron chi connectivity index (χ2n) is 3.88. The van der Waals surface area contributed by atoms with Gasteiger partial charge in [-0.25, -0.2) is 9.82 Å². The molecule has 0 radical (unpaired) electrons. The second kappa shape index (κ2) is 5.46. The number of nitrogens with one attached hydrogen (secondary N) is 2. The van der Waals surface area contributed by atoms with E-state index in [4.69, 9.17) is 0 Å². The van der Waals surface area contributed by atoms with Crippen LogP contribution >= 0.6 is 0 Å². The summed E-state index contributed by atoms with van der Waals surface area (Å²) in [6, 6.07) is 14.8. The molecule has 0 saturated heterocycles. The van der Waals surface area contributed by atoms with E-state index in [2.05, 4.69) is 10.9 Å². The van der Waals surface area contributed by atoms with Gasteiger partial charge in [-0.1, -0.05) is 30.3 Å². The van der Waals surface area contributed by atoms with E-state index in [1.165, 1.54) is 6.07 Å². The van der Waals surface area contributed by atoms with E-state index < -0.39 is 0 Å². The van der Waals surface area contributed by atoms with Gasteiger partial charge < -0.3 is 5.43 Å². The molecule has 2 N–H and O–H groups in total.